The van der Waals surface area contributed by atoms with E-state index in [-0.39, 0.29) is 10.3 Å². The van der Waals surface area contributed by atoms with E-state index in [4.69, 9.17) is 0 Å². The van der Waals surface area contributed by atoms with Crippen LogP contribution in [0.15, 0.2) is 40.5 Å². The van der Waals surface area contributed by atoms with Crippen LogP contribution in [0.4, 0.5) is 0 Å². The lowest BCUT2D eigenvalue weighted by Crippen LogP contribution is -2.20. The van der Waals surface area contributed by atoms with Crippen LogP contribution in [0.3, 0.4) is 0 Å². The molecule has 6 nitrogen and oxygen atoms in total. The number of hydrazone groups is 1. The number of sulfonamides is 1. The average molecular weight is 348 g/mol. The molecular formula is C17H24N4O2S. The normalized spacial score (nSPS) is 13.2. The first-order valence-electron chi connectivity index (χ1n) is 7.68. The lowest BCUT2D eigenvalue weighted by atomic mass is 9.87. The minimum atomic E-state index is -3.70. The second-order valence-corrected chi connectivity index (χ2v) is 8.53. The molecule has 24 heavy (non-hydrogen) atoms. The van der Waals surface area contributed by atoms with E-state index in [2.05, 4.69) is 35.8 Å². The number of rotatable bonds is 4. The molecule has 0 saturated carbocycles. The number of nitrogens with zero attached hydrogens (tertiary/aromatic N) is 3. The molecule has 0 atom stereocenters. The monoisotopic (exact) mass is 348 g/mol. The molecule has 0 aliphatic carbocycles. The fourth-order valence-electron chi connectivity index (χ4n) is 2.33. The number of aromatic nitrogens is 2. The van der Waals surface area contributed by atoms with Gasteiger partial charge in [-0.3, -0.25) is 4.68 Å². The molecule has 0 spiro atoms. The van der Waals surface area contributed by atoms with Gasteiger partial charge in [0.25, 0.3) is 10.0 Å². The Balaban J connectivity index is 2.22. The van der Waals surface area contributed by atoms with Gasteiger partial charge in [0.2, 0.25) is 0 Å². The minimum absolute atomic E-state index is 0.0255. The number of benzene rings is 1. The molecule has 0 bridgehead atoms. The first-order chi connectivity index (χ1) is 11.0. The van der Waals surface area contributed by atoms with E-state index in [0.29, 0.717) is 5.71 Å². The summed E-state index contributed by atoms with van der Waals surface area (Å²) in [6, 6.07) is 6.86. The van der Waals surface area contributed by atoms with Crippen molar-refractivity contribution < 1.29 is 8.42 Å². The van der Waals surface area contributed by atoms with Gasteiger partial charge in [-0.25, -0.2) is 0 Å². The van der Waals surface area contributed by atoms with Crippen molar-refractivity contribution in [3.8, 4) is 0 Å². The van der Waals surface area contributed by atoms with E-state index in [1.807, 2.05) is 26.1 Å². The zero-order valence-corrected chi connectivity index (χ0v) is 15.8. The van der Waals surface area contributed by atoms with Gasteiger partial charge >= 0.3 is 0 Å². The van der Waals surface area contributed by atoms with E-state index in [1.54, 1.807) is 29.9 Å². The van der Waals surface area contributed by atoms with Crippen molar-refractivity contribution in [2.75, 3.05) is 0 Å². The Morgan fingerprint density at radius 3 is 2.25 bits per heavy atom. The highest BCUT2D eigenvalue weighted by atomic mass is 32.2. The van der Waals surface area contributed by atoms with Crippen LogP contribution in [0.1, 0.15) is 44.5 Å². The van der Waals surface area contributed by atoms with Gasteiger partial charge in [-0.1, -0.05) is 32.9 Å². The van der Waals surface area contributed by atoms with Gasteiger partial charge in [0.1, 0.15) is 0 Å². The molecule has 1 N–H and O–H groups in total. The highest BCUT2D eigenvalue weighted by molar-refractivity contribution is 7.89. The smallest absolute Gasteiger partial charge is 0.275 e. The molecule has 0 aliphatic heterocycles. The number of hydrogen-bond acceptors (Lipinski definition) is 4. The third kappa shape index (κ3) is 4.03. The highest BCUT2D eigenvalue weighted by Gasteiger charge is 2.17. The zero-order valence-electron chi connectivity index (χ0n) is 15.0. The van der Waals surface area contributed by atoms with E-state index in [0.717, 1.165) is 16.8 Å². The topological polar surface area (TPSA) is 76.3 Å². The van der Waals surface area contributed by atoms with Gasteiger partial charge in [0, 0.05) is 18.8 Å². The average Bonchev–Trinajstić information content (AvgIpc) is 2.83. The second kappa shape index (κ2) is 6.39. The van der Waals surface area contributed by atoms with Gasteiger partial charge in [0.05, 0.1) is 16.3 Å². The van der Waals surface area contributed by atoms with Gasteiger partial charge in [0.15, 0.2) is 0 Å². The van der Waals surface area contributed by atoms with Crippen LogP contribution in [0.25, 0.3) is 0 Å². The quantitative estimate of drug-likeness (QED) is 0.682. The van der Waals surface area contributed by atoms with Crippen molar-refractivity contribution in [2.24, 2.45) is 12.1 Å². The predicted molar refractivity (Wildman–Crippen MR) is 95.6 cm³/mol. The summed E-state index contributed by atoms with van der Waals surface area (Å²) in [5.74, 6) is 0. The highest BCUT2D eigenvalue weighted by Crippen LogP contribution is 2.23. The summed E-state index contributed by atoms with van der Waals surface area (Å²) in [6.45, 7) is 9.85. The number of hydrogen-bond donors (Lipinski definition) is 1. The van der Waals surface area contributed by atoms with Gasteiger partial charge in [-0.2, -0.15) is 23.4 Å². The van der Waals surface area contributed by atoms with Crippen molar-refractivity contribution in [1.29, 1.82) is 0 Å². The molecule has 0 fully saturated rings. The Morgan fingerprint density at radius 1 is 1.21 bits per heavy atom. The Hall–Kier alpha value is -2.15. The molecule has 0 unspecified atom stereocenters. The third-order valence-corrected chi connectivity index (χ3v) is 4.99. The molecule has 130 valence electrons. The zero-order chi connectivity index (χ0) is 18.1. The molecule has 2 rings (SSSR count). The Bertz CT molecular complexity index is 857. The molecular weight excluding hydrogens is 324 g/mol. The summed E-state index contributed by atoms with van der Waals surface area (Å²) in [5, 5.41) is 8.24. The Morgan fingerprint density at radius 2 is 1.79 bits per heavy atom. The van der Waals surface area contributed by atoms with Crippen LogP contribution >= 0.6 is 0 Å². The fourth-order valence-corrected chi connectivity index (χ4v) is 3.19. The summed E-state index contributed by atoms with van der Waals surface area (Å²) in [6.07, 6.45) is 1.81. The van der Waals surface area contributed by atoms with Crippen LogP contribution in [0.2, 0.25) is 0 Å². The summed E-state index contributed by atoms with van der Waals surface area (Å²) in [4.78, 5) is 2.48. The van der Waals surface area contributed by atoms with Crippen LogP contribution < -0.4 is 4.83 Å². The van der Waals surface area contributed by atoms with Gasteiger partial charge in [-0.15, -0.1) is 0 Å². The van der Waals surface area contributed by atoms with Crippen molar-refractivity contribution in [3.63, 3.8) is 0 Å². The van der Waals surface area contributed by atoms with Crippen LogP contribution in [0, 0.1) is 6.92 Å². The first kappa shape index (κ1) is 18.2. The first-order valence-corrected chi connectivity index (χ1v) is 9.16. The van der Waals surface area contributed by atoms with Gasteiger partial charge in [-0.05, 0) is 37.0 Å². The van der Waals surface area contributed by atoms with Gasteiger partial charge < -0.3 is 0 Å². The third-order valence-electron chi connectivity index (χ3n) is 3.77. The number of aryl methyl sites for hydroxylation is 2. The van der Waals surface area contributed by atoms with Crippen LogP contribution in [-0.4, -0.2) is 23.9 Å². The lowest BCUT2D eigenvalue weighted by Gasteiger charge is -2.19. The molecule has 0 radical (unpaired) electrons. The lowest BCUT2D eigenvalue weighted by molar-refractivity contribution is 0.580. The Kier molecular flexibility index (Phi) is 4.85. The largest absolute Gasteiger partial charge is 0.276 e. The van der Waals surface area contributed by atoms with E-state index < -0.39 is 10.0 Å². The standard InChI is InChI=1S/C17H24N4O2S/c1-12(16-11-21(6)19-13(16)2)18-20-24(22,23)15-9-7-14(8-10-15)17(3,4)5/h7-11,20H,1-6H3. The summed E-state index contributed by atoms with van der Waals surface area (Å²) < 4.78 is 26.4. The van der Waals surface area contributed by atoms with E-state index in [9.17, 15) is 8.42 Å². The van der Waals surface area contributed by atoms with Crippen molar-refractivity contribution >= 4 is 15.7 Å². The molecule has 0 saturated heterocycles. The summed E-state index contributed by atoms with van der Waals surface area (Å²) >= 11 is 0. The van der Waals surface area contributed by atoms with E-state index in [1.165, 1.54) is 0 Å². The molecule has 1 heterocycles. The molecule has 2 aromatic rings. The van der Waals surface area contributed by atoms with Crippen LogP contribution in [-0.2, 0) is 22.5 Å². The molecule has 0 amide bonds. The Labute approximate surface area is 143 Å². The predicted octanol–water partition coefficient (Wildman–Crippen LogP) is 2.73. The molecule has 0 aliphatic rings. The molecule has 1 aromatic carbocycles. The maximum atomic E-state index is 12.4. The second-order valence-electron chi connectivity index (χ2n) is 6.87. The maximum absolute atomic E-state index is 12.4. The van der Waals surface area contributed by atoms with E-state index >= 15 is 0 Å². The van der Waals surface area contributed by atoms with Crippen LogP contribution in [0.5, 0.6) is 0 Å². The summed E-state index contributed by atoms with van der Waals surface area (Å²) in [7, 11) is -1.89. The van der Waals surface area contributed by atoms with Crippen molar-refractivity contribution in [3.05, 3.63) is 47.3 Å². The molecule has 1 aromatic heterocycles. The number of nitrogens with one attached hydrogen (secondary N) is 1. The van der Waals surface area contributed by atoms with Crippen molar-refractivity contribution in [1.82, 2.24) is 14.6 Å². The maximum Gasteiger partial charge on any atom is 0.276 e. The van der Waals surface area contributed by atoms with Crippen molar-refractivity contribution in [2.45, 2.75) is 44.9 Å². The summed E-state index contributed by atoms with van der Waals surface area (Å²) in [5.41, 5.74) is 3.22. The minimum Gasteiger partial charge on any atom is -0.275 e. The molecule has 7 heteroatoms. The fraction of sp³-hybridized carbons (Fsp3) is 0.412. The SMILES string of the molecule is CC(=NNS(=O)(=O)c1ccc(C(C)(C)C)cc1)c1cn(C)nc1C.